The van der Waals surface area contributed by atoms with Crippen LogP contribution in [0.1, 0.15) is 87.3 Å². The third-order valence-electron chi connectivity index (χ3n) is 6.13. The van der Waals surface area contributed by atoms with E-state index in [4.69, 9.17) is 0 Å². The van der Waals surface area contributed by atoms with Gasteiger partial charge in [-0.2, -0.15) is 0 Å². The maximum absolute atomic E-state index is 12.2. The zero-order valence-corrected chi connectivity index (χ0v) is 18.2. The van der Waals surface area contributed by atoms with Crippen LogP contribution < -0.4 is 4.74 Å². The van der Waals surface area contributed by atoms with Crippen LogP contribution in [0.4, 0.5) is 13.2 Å². The molecule has 0 N–H and O–H groups in total. The lowest BCUT2D eigenvalue weighted by Crippen LogP contribution is -2.16. The average molecular weight is 429 g/mol. The van der Waals surface area contributed by atoms with Crippen LogP contribution in [0.2, 0.25) is 0 Å². The number of alkyl halides is 3. The Hall–Kier alpha value is -2.41. The highest BCUT2D eigenvalue weighted by Crippen LogP contribution is 2.37. The van der Waals surface area contributed by atoms with Crippen LogP contribution in [0, 0.1) is 17.8 Å². The molecule has 0 aliphatic heterocycles. The van der Waals surface area contributed by atoms with Crippen molar-refractivity contribution in [2.24, 2.45) is 5.92 Å². The topological polar surface area (TPSA) is 9.23 Å². The average Bonchev–Trinajstić information content (AvgIpc) is 2.76. The van der Waals surface area contributed by atoms with Gasteiger partial charge in [0, 0.05) is 11.1 Å². The summed E-state index contributed by atoms with van der Waals surface area (Å²) in [6.07, 6.45) is 7.37. The molecule has 1 fully saturated rings. The van der Waals surface area contributed by atoms with E-state index in [1.165, 1.54) is 87.6 Å². The lowest BCUT2D eigenvalue weighted by molar-refractivity contribution is -0.274. The van der Waals surface area contributed by atoms with E-state index >= 15 is 0 Å². The van der Waals surface area contributed by atoms with E-state index in [0.29, 0.717) is 11.5 Å². The first-order valence-electron chi connectivity index (χ1n) is 11.4. The zero-order valence-electron chi connectivity index (χ0n) is 18.2. The fourth-order valence-corrected chi connectivity index (χ4v) is 4.37. The monoisotopic (exact) mass is 428 g/mol. The molecular weight excluding hydrogens is 397 g/mol. The minimum atomic E-state index is -4.68. The number of benzene rings is 2. The second-order valence-corrected chi connectivity index (χ2v) is 8.51. The smallest absolute Gasteiger partial charge is 0.406 e. The van der Waals surface area contributed by atoms with Gasteiger partial charge in [-0.15, -0.1) is 13.2 Å². The van der Waals surface area contributed by atoms with Gasteiger partial charge in [-0.25, -0.2) is 0 Å². The van der Waals surface area contributed by atoms with E-state index in [1.54, 1.807) is 0 Å². The molecule has 0 spiro atoms. The van der Waals surface area contributed by atoms with Crippen LogP contribution in [0.15, 0.2) is 48.5 Å². The molecule has 0 amide bonds. The summed E-state index contributed by atoms with van der Waals surface area (Å²) in [5.41, 5.74) is 2.95. The van der Waals surface area contributed by atoms with Crippen molar-refractivity contribution in [2.75, 3.05) is 0 Å². The van der Waals surface area contributed by atoms with Gasteiger partial charge < -0.3 is 4.74 Å². The van der Waals surface area contributed by atoms with Gasteiger partial charge in [-0.05, 0) is 79.5 Å². The van der Waals surface area contributed by atoms with E-state index in [2.05, 4.69) is 35.6 Å². The Morgan fingerprint density at radius 2 is 1.39 bits per heavy atom. The number of halogens is 3. The highest BCUT2D eigenvalue weighted by Gasteiger charge is 2.30. The van der Waals surface area contributed by atoms with E-state index in [1.807, 2.05) is 12.1 Å². The predicted molar refractivity (Wildman–Crippen MR) is 119 cm³/mol. The summed E-state index contributed by atoms with van der Waals surface area (Å²) in [6.45, 7) is 2.26. The Morgan fingerprint density at radius 3 is 1.94 bits per heavy atom. The van der Waals surface area contributed by atoms with Crippen molar-refractivity contribution in [2.45, 2.75) is 77.0 Å². The van der Waals surface area contributed by atoms with Gasteiger partial charge >= 0.3 is 6.36 Å². The molecule has 31 heavy (non-hydrogen) atoms. The molecule has 0 heterocycles. The van der Waals surface area contributed by atoms with Gasteiger partial charge in [-0.1, -0.05) is 63.0 Å². The Kier molecular flexibility index (Phi) is 8.46. The normalized spacial score (nSPS) is 18.8. The van der Waals surface area contributed by atoms with Gasteiger partial charge in [0.25, 0.3) is 0 Å². The largest absolute Gasteiger partial charge is 0.573 e. The van der Waals surface area contributed by atoms with Crippen LogP contribution in [-0.2, 0) is 0 Å². The molecule has 0 aromatic heterocycles. The minimum absolute atomic E-state index is 0.238. The SMILES string of the molecule is CCCCCCC1CCC(c2ccc(C#Cc3ccc(OC(F)(F)F)cc3)cc2)CC1. The van der Waals surface area contributed by atoms with Crippen LogP contribution in [-0.4, -0.2) is 6.36 Å². The van der Waals surface area contributed by atoms with Gasteiger partial charge in [0.05, 0.1) is 0 Å². The molecule has 0 atom stereocenters. The van der Waals surface area contributed by atoms with E-state index < -0.39 is 6.36 Å². The first-order chi connectivity index (χ1) is 14.9. The number of hydrogen-bond acceptors (Lipinski definition) is 1. The Balaban J connectivity index is 1.49. The summed E-state index contributed by atoms with van der Waals surface area (Å²) < 4.78 is 40.5. The van der Waals surface area contributed by atoms with E-state index in [9.17, 15) is 13.2 Å². The third kappa shape index (κ3) is 7.98. The molecule has 0 bridgehead atoms. The second-order valence-electron chi connectivity index (χ2n) is 8.51. The van der Waals surface area contributed by atoms with Gasteiger partial charge in [0.1, 0.15) is 5.75 Å². The molecule has 4 heteroatoms. The molecule has 0 radical (unpaired) electrons. The van der Waals surface area contributed by atoms with Crippen LogP contribution in [0.5, 0.6) is 5.75 Å². The van der Waals surface area contributed by atoms with E-state index in [0.717, 1.165) is 11.5 Å². The molecule has 3 rings (SSSR count). The predicted octanol–water partition coefficient (Wildman–Crippen LogP) is 8.23. The zero-order chi connectivity index (χ0) is 22.1. The lowest BCUT2D eigenvalue weighted by atomic mass is 9.77. The van der Waals surface area contributed by atoms with Gasteiger partial charge in [-0.3, -0.25) is 0 Å². The van der Waals surface area contributed by atoms with Crippen LogP contribution >= 0.6 is 0 Å². The number of unbranched alkanes of at least 4 members (excludes halogenated alkanes) is 3. The summed E-state index contributed by atoms with van der Waals surface area (Å²) in [7, 11) is 0. The molecule has 166 valence electrons. The number of rotatable bonds is 7. The quantitative estimate of drug-likeness (QED) is 0.319. The molecule has 2 aromatic carbocycles. The summed E-state index contributed by atoms with van der Waals surface area (Å²) in [5, 5.41) is 0. The molecule has 0 saturated heterocycles. The molecular formula is C27H31F3O. The van der Waals surface area contributed by atoms with Crippen molar-refractivity contribution in [1.82, 2.24) is 0 Å². The first kappa shape index (κ1) is 23.3. The Labute approximate surface area is 184 Å². The van der Waals surface area contributed by atoms with Crippen molar-refractivity contribution in [1.29, 1.82) is 0 Å². The third-order valence-corrected chi connectivity index (χ3v) is 6.13. The molecule has 1 nitrogen and oxygen atoms in total. The Bertz CT molecular complexity index is 849. The van der Waals surface area contributed by atoms with Crippen molar-refractivity contribution >= 4 is 0 Å². The van der Waals surface area contributed by atoms with Crippen LogP contribution in [0.3, 0.4) is 0 Å². The fourth-order valence-electron chi connectivity index (χ4n) is 4.37. The second kappa shape index (κ2) is 11.3. The molecule has 0 unspecified atom stereocenters. The Morgan fingerprint density at radius 1 is 0.806 bits per heavy atom. The van der Waals surface area contributed by atoms with Crippen molar-refractivity contribution in [3.8, 4) is 17.6 Å². The lowest BCUT2D eigenvalue weighted by Gasteiger charge is -2.29. The molecule has 1 aliphatic carbocycles. The number of ether oxygens (including phenoxy) is 1. The van der Waals surface area contributed by atoms with Crippen molar-refractivity contribution in [3.05, 3.63) is 65.2 Å². The summed E-state index contributed by atoms with van der Waals surface area (Å²) in [6, 6.07) is 14.1. The van der Waals surface area contributed by atoms with Gasteiger partial charge in [0.15, 0.2) is 0 Å². The summed E-state index contributed by atoms with van der Waals surface area (Å²) >= 11 is 0. The number of hydrogen-bond donors (Lipinski definition) is 0. The van der Waals surface area contributed by atoms with Crippen LogP contribution in [0.25, 0.3) is 0 Å². The maximum atomic E-state index is 12.2. The van der Waals surface area contributed by atoms with Crippen molar-refractivity contribution < 1.29 is 17.9 Å². The van der Waals surface area contributed by atoms with E-state index in [-0.39, 0.29) is 5.75 Å². The van der Waals surface area contributed by atoms with Crippen molar-refractivity contribution in [3.63, 3.8) is 0 Å². The molecule has 2 aromatic rings. The summed E-state index contributed by atoms with van der Waals surface area (Å²) in [4.78, 5) is 0. The molecule has 1 saturated carbocycles. The first-order valence-corrected chi connectivity index (χ1v) is 11.4. The highest BCUT2D eigenvalue weighted by molar-refractivity contribution is 5.45. The fraction of sp³-hybridized carbons (Fsp3) is 0.481. The maximum Gasteiger partial charge on any atom is 0.573 e. The van der Waals surface area contributed by atoms with Gasteiger partial charge in [0.2, 0.25) is 0 Å². The standard InChI is InChI=1S/C27H31F3O/c1-2-3-4-5-6-21-9-15-24(16-10-21)25-17-11-22(12-18-25)7-8-23-13-19-26(20-14-23)31-27(28,29)30/h11-14,17-21,24H,2-6,9-10,15-16H2,1H3. The highest BCUT2D eigenvalue weighted by atomic mass is 19.4. The molecule has 1 aliphatic rings. The summed E-state index contributed by atoms with van der Waals surface area (Å²) in [5.74, 6) is 7.40. The minimum Gasteiger partial charge on any atom is -0.406 e.